The molecule has 1 saturated carbocycles. The van der Waals surface area contributed by atoms with Crippen molar-refractivity contribution in [2.75, 3.05) is 13.1 Å². The fourth-order valence-corrected chi connectivity index (χ4v) is 4.27. The molecule has 1 N–H and O–H groups in total. The predicted octanol–water partition coefficient (Wildman–Crippen LogP) is 4.32. The monoisotopic (exact) mass is 413 g/mol. The zero-order chi connectivity index (χ0) is 21.0. The minimum Gasteiger partial charge on any atom is -0.350 e. The summed E-state index contributed by atoms with van der Waals surface area (Å²) < 4.78 is 0. The van der Waals surface area contributed by atoms with Crippen LogP contribution in [0, 0.1) is 17.8 Å². The average molecular weight is 414 g/mol. The van der Waals surface area contributed by atoms with Crippen LogP contribution in [0.25, 0.3) is 0 Å². The van der Waals surface area contributed by atoms with Gasteiger partial charge in [0.15, 0.2) is 0 Å². The van der Waals surface area contributed by atoms with E-state index < -0.39 is 0 Å². The van der Waals surface area contributed by atoms with Gasteiger partial charge in [-0.25, -0.2) is 4.98 Å². The highest BCUT2D eigenvalue weighted by atomic mass is 32.1. The first-order chi connectivity index (χ1) is 13.8. The summed E-state index contributed by atoms with van der Waals surface area (Å²) in [6.07, 6.45) is 0.915. The molecule has 1 aromatic carbocycles. The van der Waals surface area contributed by atoms with Gasteiger partial charge in [0.05, 0.1) is 6.54 Å². The number of aromatic nitrogens is 1. The Morgan fingerprint density at radius 1 is 1.17 bits per heavy atom. The van der Waals surface area contributed by atoms with E-state index in [0.29, 0.717) is 43.1 Å². The molecule has 0 saturated heterocycles. The number of hydrogen-bond acceptors (Lipinski definition) is 4. The largest absolute Gasteiger partial charge is 0.350 e. The van der Waals surface area contributed by atoms with Crippen molar-refractivity contribution in [3.63, 3.8) is 0 Å². The van der Waals surface area contributed by atoms with Crippen molar-refractivity contribution in [2.24, 2.45) is 17.8 Å². The van der Waals surface area contributed by atoms with Crippen molar-refractivity contribution in [3.05, 3.63) is 52.0 Å². The average Bonchev–Trinajstić information content (AvgIpc) is 3.36. The zero-order valence-electron chi connectivity index (χ0n) is 17.7. The Labute approximate surface area is 177 Å². The van der Waals surface area contributed by atoms with Crippen LogP contribution in [-0.4, -0.2) is 34.8 Å². The van der Waals surface area contributed by atoms with Crippen molar-refractivity contribution >= 4 is 23.2 Å². The van der Waals surface area contributed by atoms with E-state index in [-0.39, 0.29) is 17.7 Å². The standard InChI is InChI=1S/C23H31N3O2S/c1-15(2)11-24-22(27)20-14-29-21(25-20)13-26(12-16(3)4)23(28)19-10-18(19)17-8-6-5-7-9-17/h5-9,14-16,18-19H,10-13H2,1-4H3,(H,24,27)/t18-,19+/m0/s1. The Kier molecular flexibility index (Phi) is 7.06. The number of carbonyl (C=O) groups excluding carboxylic acids is 2. The van der Waals surface area contributed by atoms with Gasteiger partial charge in [0.1, 0.15) is 10.7 Å². The molecule has 1 aliphatic rings. The van der Waals surface area contributed by atoms with E-state index >= 15 is 0 Å². The molecule has 6 heteroatoms. The summed E-state index contributed by atoms with van der Waals surface area (Å²) in [7, 11) is 0. The van der Waals surface area contributed by atoms with Crippen LogP contribution in [0.2, 0.25) is 0 Å². The van der Waals surface area contributed by atoms with Crippen molar-refractivity contribution in [2.45, 2.75) is 46.6 Å². The molecule has 1 aromatic heterocycles. The van der Waals surface area contributed by atoms with Crippen LogP contribution in [-0.2, 0) is 11.3 Å². The van der Waals surface area contributed by atoms with Gasteiger partial charge in [-0.3, -0.25) is 9.59 Å². The Bertz CT molecular complexity index is 832. The summed E-state index contributed by atoms with van der Waals surface area (Å²) in [6.45, 7) is 10.2. The number of nitrogens with zero attached hydrogens (tertiary/aromatic N) is 2. The molecule has 2 atom stereocenters. The zero-order valence-corrected chi connectivity index (χ0v) is 18.5. The molecule has 0 spiro atoms. The van der Waals surface area contributed by atoms with E-state index in [4.69, 9.17) is 0 Å². The molecule has 2 amide bonds. The summed E-state index contributed by atoms with van der Waals surface area (Å²) in [5.74, 6) is 1.22. The Morgan fingerprint density at radius 3 is 2.55 bits per heavy atom. The van der Waals surface area contributed by atoms with Crippen molar-refractivity contribution in [1.29, 1.82) is 0 Å². The molecule has 156 valence electrons. The van der Waals surface area contributed by atoms with Crippen molar-refractivity contribution < 1.29 is 9.59 Å². The van der Waals surface area contributed by atoms with Crippen LogP contribution in [0.5, 0.6) is 0 Å². The molecule has 3 rings (SSSR count). The van der Waals surface area contributed by atoms with Crippen LogP contribution in [0.1, 0.15) is 61.1 Å². The van der Waals surface area contributed by atoms with Gasteiger partial charge in [0.25, 0.3) is 5.91 Å². The molecule has 5 nitrogen and oxygen atoms in total. The van der Waals surface area contributed by atoms with Gasteiger partial charge in [0, 0.05) is 24.4 Å². The molecule has 1 aliphatic carbocycles. The van der Waals surface area contributed by atoms with Crippen LogP contribution < -0.4 is 5.32 Å². The number of rotatable bonds is 9. The van der Waals surface area contributed by atoms with Crippen LogP contribution in [0.4, 0.5) is 0 Å². The summed E-state index contributed by atoms with van der Waals surface area (Å²) in [5.41, 5.74) is 1.69. The topological polar surface area (TPSA) is 62.3 Å². The summed E-state index contributed by atoms with van der Waals surface area (Å²) >= 11 is 1.45. The highest BCUT2D eigenvalue weighted by molar-refractivity contribution is 7.09. The second kappa shape index (κ2) is 9.53. The Hall–Kier alpha value is -2.21. The van der Waals surface area contributed by atoms with E-state index in [1.165, 1.54) is 16.9 Å². The lowest BCUT2D eigenvalue weighted by Gasteiger charge is -2.24. The van der Waals surface area contributed by atoms with Gasteiger partial charge in [-0.15, -0.1) is 11.3 Å². The Balaban J connectivity index is 1.64. The fourth-order valence-electron chi connectivity index (χ4n) is 3.48. The third-order valence-electron chi connectivity index (χ3n) is 5.01. The molecular formula is C23H31N3O2S. The first-order valence-corrected chi connectivity index (χ1v) is 11.3. The summed E-state index contributed by atoms with van der Waals surface area (Å²) in [4.78, 5) is 31.8. The van der Waals surface area contributed by atoms with Gasteiger partial charge >= 0.3 is 0 Å². The number of amides is 2. The van der Waals surface area contributed by atoms with Crippen molar-refractivity contribution in [1.82, 2.24) is 15.2 Å². The fraction of sp³-hybridized carbons (Fsp3) is 0.522. The quantitative estimate of drug-likeness (QED) is 0.666. The lowest BCUT2D eigenvalue weighted by Crippen LogP contribution is -2.35. The van der Waals surface area contributed by atoms with Crippen molar-refractivity contribution in [3.8, 4) is 0 Å². The first kappa shape index (κ1) is 21.5. The molecule has 0 radical (unpaired) electrons. The normalized spacial score (nSPS) is 18.1. The SMILES string of the molecule is CC(C)CNC(=O)c1csc(CN(CC(C)C)C(=O)[C@@H]2C[C@H]2c2ccccc2)n1. The van der Waals surface area contributed by atoms with E-state index in [0.717, 1.165) is 11.4 Å². The van der Waals surface area contributed by atoms with Crippen LogP contribution >= 0.6 is 11.3 Å². The molecule has 2 aromatic rings. The third kappa shape index (κ3) is 5.89. The van der Waals surface area contributed by atoms with E-state index in [1.54, 1.807) is 5.38 Å². The number of nitrogens with one attached hydrogen (secondary N) is 1. The summed E-state index contributed by atoms with van der Waals surface area (Å²) in [6, 6.07) is 10.3. The van der Waals surface area contributed by atoms with Crippen LogP contribution in [0.15, 0.2) is 35.7 Å². The van der Waals surface area contributed by atoms with E-state index in [1.807, 2.05) is 23.1 Å². The maximum atomic E-state index is 13.2. The molecule has 0 bridgehead atoms. The number of benzene rings is 1. The second-order valence-corrected chi connectivity index (χ2v) is 9.64. The highest BCUT2D eigenvalue weighted by Crippen LogP contribution is 2.48. The van der Waals surface area contributed by atoms with Gasteiger partial charge in [-0.2, -0.15) is 0 Å². The minimum atomic E-state index is -0.144. The predicted molar refractivity (Wildman–Crippen MR) is 117 cm³/mol. The maximum Gasteiger partial charge on any atom is 0.270 e. The number of hydrogen-bond donors (Lipinski definition) is 1. The van der Waals surface area contributed by atoms with Crippen LogP contribution in [0.3, 0.4) is 0 Å². The molecule has 0 unspecified atom stereocenters. The maximum absolute atomic E-state index is 13.2. The molecule has 0 aliphatic heterocycles. The second-order valence-electron chi connectivity index (χ2n) is 8.70. The minimum absolute atomic E-state index is 0.0601. The molecule has 29 heavy (non-hydrogen) atoms. The van der Waals surface area contributed by atoms with Gasteiger partial charge in [-0.1, -0.05) is 58.0 Å². The molecular weight excluding hydrogens is 382 g/mol. The lowest BCUT2D eigenvalue weighted by molar-refractivity contribution is -0.133. The molecule has 1 fully saturated rings. The van der Waals surface area contributed by atoms with Gasteiger partial charge < -0.3 is 10.2 Å². The lowest BCUT2D eigenvalue weighted by atomic mass is 10.1. The van der Waals surface area contributed by atoms with E-state index in [2.05, 4.69) is 50.1 Å². The number of thiazole rings is 1. The first-order valence-electron chi connectivity index (χ1n) is 10.4. The smallest absolute Gasteiger partial charge is 0.270 e. The molecule has 1 heterocycles. The number of carbonyl (C=O) groups is 2. The summed E-state index contributed by atoms with van der Waals surface area (Å²) in [5, 5.41) is 5.49. The Morgan fingerprint density at radius 2 is 1.90 bits per heavy atom. The third-order valence-corrected chi connectivity index (χ3v) is 5.85. The van der Waals surface area contributed by atoms with E-state index in [9.17, 15) is 9.59 Å². The highest BCUT2D eigenvalue weighted by Gasteiger charge is 2.45. The van der Waals surface area contributed by atoms with Gasteiger partial charge in [-0.05, 0) is 29.7 Å². The van der Waals surface area contributed by atoms with Gasteiger partial charge in [0.2, 0.25) is 5.91 Å².